The lowest BCUT2D eigenvalue weighted by molar-refractivity contribution is -0.137. The van der Waals surface area contributed by atoms with Crippen molar-refractivity contribution < 1.29 is 18.0 Å². The Hall–Kier alpha value is -4.41. The van der Waals surface area contributed by atoms with Gasteiger partial charge in [-0.3, -0.25) is 19.7 Å². The molecule has 0 bridgehead atoms. The van der Waals surface area contributed by atoms with Gasteiger partial charge in [-0.15, -0.1) is 0 Å². The first-order valence-corrected chi connectivity index (χ1v) is 11.6. The van der Waals surface area contributed by atoms with Gasteiger partial charge in [0.05, 0.1) is 29.3 Å². The van der Waals surface area contributed by atoms with E-state index in [9.17, 15) is 18.0 Å². The molecule has 188 valence electrons. The Morgan fingerprint density at radius 1 is 0.838 bits per heavy atom. The van der Waals surface area contributed by atoms with Crippen LogP contribution in [0.5, 0.6) is 0 Å². The highest BCUT2D eigenvalue weighted by Gasteiger charge is 2.30. The second-order valence-corrected chi connectivity index (χ2v) is 8.56. The fourth-order valence-electron chi connectivity index (χ4n) is 4.20. The Labute approximate surface area is 210 Å². The molecule has 8 nitrogen and oxygen atoms in total. The van der Waals surface area contributed by atoms with Gasteiger partial charge < -0.3 is 9.80 Å². The lowest BCUT2D eigenvalue weighted by atomic mass is 10.0. The molecule has 3 aromatic heterocycles. The Balaban J connectivity index is 1.44. The second-order valence-electron chi connectivity index (χ2n) is 8.56. The van der Waals surface area contributed by atoms with Crippen molar-refractivity contribution >= 4 is 11.7 Å². The first-order chi connectivity index (χ1) is 17.8. The van der Waals surface area contributed by atoms with Crippen LogP contribution in [0.1, 0.15) is 21.6 Å². The highest BCUT2D eigenvalue weighted by Crippen LogP contribution is 2.35. The van der Waals surface area contributed by atoms with Crippen molar-refractivity contribution in [2.24, 2.45) is 0 Å². The van der Waals surface area contributed by atoms with E-state index in [0.717, 1.165) is 23.3 Å². The Bertz CT molecular complexity index is 1400. The van der Waals surface area contributed by atoms with Crippen LogP contribution in [0.4, 0.5) is 19.0 Å². The van der Waals surface area contributed by atoms with Crippen LogP contribution in [0, 0.1) is 6.92 Å². The zero-order valence-electron chi connectivity index (χ0n) is 19.9. The minimum absolute atomic E-state index is 0.176. The first-order valence-electron chi connectivity index (χ1n) is 11.6. The molecule has 4 heterocycles. The maximum absolute atomic E-state index is 13.1. The number of benzene rings is 1. The molecule has 0 saturated carbocycles. The monoisotopic (exact) mass is 505 g/mol. The van der Waals surface area contributed by atoms with Gasteiger partial charge in [-0.25, -0.2) is 9.97 Å². The third kappa shape index (κ3) is 5.11. The lowest BCUT2D eigenvalue weighted by Crippen LogP contribution is -2.49. The van der Waals surface area contributed by atoms with Crippen LogP contribution in [-0.2, 0) is 6.18 Å². The summed E-state index contributed by atoms with van der Waals surface area (Å²) in [6, 6.07) is 6.71. The third-order valence-corrected chi connectivity index (χ3v) is 6.19. The summed E-state index contributed by atoms with van der Waals surface area (Å²) in [5, 5.41) is 0. The molecule has 0 atom stereocenters. The van der Waals surface area contributed by atoms with Crippen LogP contribution in [0.3, 0.4) is 0 Å². The fraction of sp³-hybridized carbons (Fsp3) is 0.231. The van der Waals surface area contributed by atoms with Gasteiger partial charge in [0.2, 0.25) is 0 Å². The molecule has 0 spiro atoms. The number of hydrogen-bond acceptors (Lipinski definition) is 7. The molecule has 1 aliphatic heterocycles. The van der Waals surface area contributed by atoms with Crippen LogP contribution in [0.15, 0.2) is 67.5 Å². The van der Waals surface area contributed by atoms with E-state index in [1.54, 1.807) is 23.5 Å². The summed E-state index contributed by atoms with van der Waals surface area (Å²) < 4.78 is 39.2. The number of carbonyl (C=O) groups is 1. The van der Waals surface area contributed by atoms with Gasteiger partial charge in [0.1, 0.15) is 11.5 Å². The van der Waals surface area contributed by atoms with E-state index in [1.807, 2.05) is 17.9 Å². The molecule has 11 heteroatoms. The molecule has 1 aliphatic rings. The van der Waals surface area contributed by atoms with Gasteiger partial charge in [-0.1, -0.05) is 12.1 Å². The second kappa shape index (κ2) is 9.92. The molecule has 5 rings (SSSR count). The summed E-state index contributed by atoms with van der Waals surface area (Å²) in [5.41, 5.74) is 2.77. The number of anilines is 1. The summed E-state index contributed by atoms with van der Waals surface area (Å²) in [5.74, 6) is 0.443. The molecule has 1 fully saturated rings. The number of hydrogen-bond donors (Lipinski definition) is 0. The summed E-state index contributed by atoms with van der Waals surface area (Å²) in [7, 11) is 0. The summed E-state index contributed by atoms with van der Waals surface area (Å²) >= 11 is 0. The number of carbonyl (C=O) groups excluding carboxylic acids is 1. The normalized spacial score (nSPS) is 14.1. The number of rotatable bonds is 4. The summed E-state index contributed by atoms with van der Waals surface area (Å²) in [6.45, 7) is 3.91. The summed E-state index contributed by atoms with van der Waals surface area (Å²) in [4.78, 5) is 38.2. The molecular weight excluding hydrogens is 483 g/mol. The molecular formula is C26H22F3N7O. The van der Waals surface area contributed by atoms with Gasteiger partial charge >= 0.3 is 6.18 Å². The van der Waals surface area contributed by atoms with E-state index < -0.39 is 11.7 Å². The lowest BCUT2D eigenvalue weighted by Gasteiger charge is -2.35. The fourth-order valence-corrected chi connectivity index (χ4v) is 4.20. The molecule has 1 aromatic carbocycles. The average molecular weight is 506 g/mol. The van der Waals surface area contributed by atoms with E-state index in [1.165, 1.54) is 30.7 Å². The predicted molar refractivity (Wildman–Crippen MR) is 131 cm³/mol. The average Bonchev–Trinajstić information content (AvgIpc) is 2.93. The van der Waals surface area contributed by atoms with Crippen LogP contribution in [0.2, 0.25) is 0 Å². The molecule has 4 aromatic rings. The standard InChI is InChI=1S/C26H22F3N7O/c1-17-14-30-7-6-20(17)24-23(18-2-4-19(5-3-18)26(27,28)29)33-16-22(34-24)35-10-12-36(13-11-35)25(37)21-15-31-8-9-32-21/h2-9,14-16H,10-13H2,1H3. The Morgan fingerprint density at radius 3 is 2.22 bits per heavy atom. The zero-order chi connectivity index (χ0) is 26.0. The van der Waals surface area contributed by atoms with E-state index in [2.05, 4.69) is 19.9 Å². The van der Waals surface area contributed by atoms with Crippen molar-refractivity contribution in [1.82, 2.24) is 29.8 Å². The highest BCUT2D eigenvalue weighted by molar-refractivity contribution is 5.92. The van der Waals surface area contributed by atoms with Gasteiger partial charge in [0.25, 0.3) is 5.91 Å². The van der Waals surface area contributed by atoms with Crippen molar-refractivity contribution in [2.45, 2.75) is 13.1 Å². The predicted octanol–water partition coefficient (Wildman–Crippen LogP) is 4.29. The smallest absolute Gasteiger partial charge is 0.352 e. The number of aryl methyl sites for hydroxylation is 1. The van der Waals surface area contributed by atoms with Crippen LogP contribution in [-0.4, -0.2) is 61.9 Å². The largest absolute Gasteiger partial charge is 0.416 e. The number of pyridine rings is 1. The molecule has 0 aliphatic carbocycles. The van der Waals surface area contributed by atoms with E-state index in [0.29, 0.717) is 54.6 Å². The highest BCUT2D eigenvalue weighted by atomic mass is 19.4. The topological polar surface area (TPSA) is 88.0 Å². The SMILES string of the molecule is Cc1cnccc1-c1nc(N2CCN(C(=O)c3cnccn3)CC2)cnc1-c1ccc(C(F)(F)F)cc1. The van der Waals surface area contributed by atoms with Gasteiger partial charge in [-0.2, -0.15) is 13.2 Å². The van der Waals surface area contributed by atoms with Gasteiger partial charge in [0.15, 0.2) is 0 Å². The first kappa shape index (κ1) is 24.3. The van der Waals surface area contributed by atoms with Gasteiger partial charge in [0, 0.05) is 62.1 Å². The number of halogens is 3. The van der Waals surface area contributed by atoms with Crippen molar-refractivity contribution in [1.29, 1.82) is 0 Å². The van der Waals surface area contributed by atoms with Crippen LogP contribution < -0.4 is 4.90 Å². The number of nitrogens with zero attached hydrogens (tertiary/aromatic N) is 7. The van der Waals surface area contributed by atoms with E-state index in [-0.39, 0.29) is 5.91 Å². The van der Waals surface area contributed by atoms with Crippen molar-refractivity contribution in [3.63, 3.8) is 0 Å². The number of amides is 1. The molecule has 37 heavy (non-hydrogen) atoms. The maximum Gasteiger partial charge on any atom is 0.416 e. The quantitative estimate of drug-likeness (QED) is 0.409. The van der Waals surface area contributed by atoms with Crippen molar-refractivity contribution in [3.8, 4) is 22.5 Å². The number of aromatic nitrogens is 5. The van der Waals surface area contributed by atoms with E-state index in [4.69, 9.17) is 4.98 Å². The van der Waals surface area contributed by atoms with Gasteiger partial charge in [-0.05, 0) is 30.7 Å². The molecule has 1 saturated heterocycles. The number of piperazine rings is 1. The van der Waals surface area contributed by atoms with Crippen LogP contribution in [0.25, 0.3) is 22.5 Å². The third-order valence-electron chi connectivity index (χ3n) is 6.19. The number of alkyl halides is 3. The van der Waals surface area contributed by atoms with Crippen molar-refractivity contribution in [3.05, 3.63) is 84.3 Å². The Morgan fingerprint density at radius 2 is 1.57 bits per heavy atom. The van der Waals surface area contributed by atoms with E-state index >= 15 is 0 Å². The molecule has 0 radical (unpaired) electrons. The van der Waals surface area contributed by atoms with Crippen LogP contribution >= 0.6 is 0 Å². The Kier molecular flexibility index (Phi) is 6.51. The molecule has 0 N–H and O–H groups in total. The minimum Gasteiger partial charge on any atom is -0.352 e. The van der Waals surface area contributed by atoms with Crippen molar-refractivity contribution in [2.75, 3.05) is 31.1 Å². The summed E-state index contributed by atoms with van der Waals surface area (Å²) in [6.07, 6.45) is 5.00. The molecule has 1 amide bonds. The molecule has 0 unspecified atom stereocenters. The minimum atomic E-state index is -4.42. The maximum atomic E-state index is 13.1. The zero-order valence-corrected chi connectivity index (χ0v) is 19.9.